The third-order valence-corrected chi connectivity index (χ3v) is 6.64. The Morgan fingerprint density at radius 2 is 1.70 bits per heavy atom. The monoisotopic (exact) mass is 613 g/mol. The van der Waals surface area contributed by atoms with Crippen LogP contribution >= 0.6 is 11.6 Å². The highest BCUT2D eigenvalue weighted by atomic mass is 35.5. The summed E-state index contributed by atoms with van der Waals surface area (Å²) in [5.41, 5.74) is 12.3. The molecule has 3 aromatic rings. The molecular formula is C30H40ClN7O5. The molecule has 0 unspecified atom stereocenters. The number of nitrogens with zero attached hydrogens (tertiary/aromatic N) is 2. The third kappa shape index (κ3) is 9.50. The van der Waals surface area contributed by atoms with Gasteiger partial charge in [0.05, 0.1) is 17.8 Å². The predicted octanol–water partition coefficient (Wildman–Crippen LogP) is 3.66. The molecule has 1 amide bonds. The minimum absolute atomic E-state index is 0.100. The molecule has 0 aliphatic rings. The Balaban J connectivity index is 1.76. The van der Waals surface area contributed by atoms with Gasteiger partial charge < -0.3 is 36.6 Å². The minimum Gasteiger partial charge on any atom is -0.462 e. The Labute approximate surface area is 256 Å². The van der Waals surface area contributed by atoms with Gasteiger partial charge in [0.15, 0.2) is 0 Å². The lowest BCUT2D eigenvalue weighted by Gasteiger charge is -2.22. The van der Waals surface area contributed by atoms with Crippen LogP contribution in [-0.2, 0) is 19.1 Å². The van der Waals surface area contributed by atoms with E-state index >= 15 is 0 Å². The minimum atomic E-state index is -1.19. The number of ether oxygens (including phenoxy) is 2. The van der Waals surface area contributed by atoms with Crippen molar-refractivity contribution < 1.29 is 23.9 Å². The van der Waals surface area contributed by atoms with E-state index in [9.17, 15) is 14.4 Å². The fraction of sp³-hybridized carbons (Fsp3) is 0.433. The van der Waals surface area contributed by atoms with E-state index in [2.05, 4.69) is 25.6 Å². The van der Waals surface area contributed by atoms with E-state index in [-0.39, 0.29) is 24.9 Å². The van der Waals surface area contributed by atoms with Crippen LogP contribution in [0.2, 0.25) is 5.02 Å². The Morgan fingerprint density at radius 3 is 2.30 bits per heavy atom. The summed E-state index contributed by atoms with van der Waals surface area (Å²) in [7, 11) is 0. The molecule has 0 radical (unpaired) electrons. The molecule has 13 heteroatoms. The van der Waals surface area contributed by atoms with E-state index in [1.807, 2.05) is 13.8 Å². The van der Waals surface area contributed by atoms with Crippen LogP contribution < -0.4 is 22.1 Å². The molecule has 0 aliphatic heterocycles. The largest absolute Gasteiger partial charge is 0.462 e. The number of anilines is 1. The maximum Gasteiger partial charge on any atom is 0.325 e. The van der Waals surface area contributed by atoms with E-state index in [4.69, 9.17) is 32.5 Å². The number of H-pyrrole nitrogens is 1. The predicted molar refractivity (Wildman–Crippen MR) is 164 cm³/mol. The van der Waals surface area contributed by atoms with Crippen LogP contribution in [0.4, 0.5) is 5.95 Å². The van der Waals surface area contributed by atoms with E-state index in [0.29, 0.717) is 34.2 Å². The summed E-state index contributed by atoms with van der Waals surface area (Å²) in [6.45, 7) is 10.0. The van der Waals surface area contributed by atoms with E-state index in [1.165, 1.54) is 0 Å². The number of benzene rings is 1. The number of halogens is 1. The Kier molecular flexibility index (Phi) is 10.9. The molecule has 43 heavy (non-hydrogen) atoms. The van der Waals surface area contributed by atoms with Crippen LogP contribution in [-0.4, -0.2) is 63.1 Å². The number of nitrogens with two attached hydrogens (primary N) is 2. The fourth-order valence-electron chi connectivity index (χ4n) is 3.80. The number of aromatic nitrogens is 3. The highest BCUT2D eigenvalue weighted by Gasteiger charge is 2.27. The lowest BCUT2D eigenvalue weighted by molar-refractivity contribution is -0.150. The molecule has 0 spiro atoms. The van der Waals surface area contributed by atoms with Crippen LogP contribution in [0.3, 0.4) is 0 Å². The highest BCUT2D eigenvalue weighted by Crippen LogP contribution is 2.24. The lowest BCUT2D eigenvalue weighted by atomic mass is 10.1. The fourth-order valence-corrected chi connectivity index (χ4v) is 4.00. The zero-order valence-corrected chi connectivity index (χ0v) is 26.0. The summed E-state index contributed by atoms with van der Waals surface area (Å²) in [6, 6.07) is 7.66. The van der Waals surface area contributed by atoms with Gasteiger partial charge in [0.25, 0.3) is 5.91 Å². The quantitative estimate of drug-likeness (QED) is 0.178. The number of carbonyl (C=O) groups excluding carboxylic acids is 3. The summed E-state index contributed by atoms with van der Waals surface area (Å²) in [6.07, 6.45) is 3.98. The number of esters is 2. The van der Waals surface area contributed by atoms with E-state index in [0.717, 1.165) is 5.56 Å². The maximum absolute atomic E-state index is 13.3. The number of carbonyl (C=O) groups is 3. The zero-order valence-electron chi connectivity index (χ0n) is 25.3. The second kappa shape index (κ2) is 14.0. The number of aryl methyl sites for hydroxylation is 1. The standard InChI is InChI=1S/C30H40ClN7O5/c1-7-21(15-42-26(40)29(3,4)32)36-28-35-13-17(2)24(38-28)19-12-22(34-14-19)25(39)37-23(16-43-27(41)30(5,6)33)18-9-8-10-20(31)11-18/h8-14,21,23,34H,7,15-16,32-33H2,1-6H3,(H,37,39)(H,35,36,38)/t21-,23-/m1/s1. The number of hydrogen-bond donors (Lipinski definition) is 5. The van der Waals surface area contributed by atoms with Crippen LogP contribution in [0, 0.1) is 6.92 Å². The Bertz CT molecular complexity index is 1450. The first-order valence-electron chi connectivity index (χ1n) is 13.9. The van der Waals surface area contributed by atoms with Gasteiger partial charge in [-0.05, 0) is 70.4 Å². The number of nitrogens with one attached hydrogen (secondary N) is 3. The number of hydrogen-bond acceptors (Lipinski definition) is 10. The highest BCUT2D eigenvalue weighted by molar-refractivity contribution is 6.30. The van der Waals surface area contributed by atoms with Crippen molar-refractivity contribution in [3.8, 4) is 11.3 Å². The van der Waals surface area contributed by atoms with Crippen molar-refractivity contribution in [2.24, 2.45) is 11.5 Å². The Hall–Kier alpha value is -4.00. The molecule has 2 heterocycles. The molecule has 0 saturated carbocycles. The van der Waals surface area contributed by atoms with E-state index < -0.39 is 35.0 Å². The van der Waals surface area contributed by atoms with Crippen LogP contribution in [0.15, 0.2) is 42.7 Å². The number of aromatic amines is 1. The molecule has 2 aromatic heterocycles. The molecule has 1 aromatic carbocycles. The zero-order chi connectivity index (χ0) is 31.9. The first kappa shape index (κ1) is 33.5. The molecule has 232 valence electrons. The summed E-state index contributed by atoms with van der Waals surface area (Å²) in [5.74, 6) is -1.20. The van der Waals surface area contributed by atoms with Crippen LogP contribution in [0.5, 0.6) is 0 Å². The van der Waals surface area contributed by atoms with Gasteiger partial charge >= 0.3 is 11.9 Å². The molecule has 7 N–H and O–H groups in total. The van der Waals surface area contributed by atoms with E-state index in [1.54, 1.807) is 70.4 Å². The van der Waals surface area contributed by atoms with Gasteiger partial charge in [-0.25, -0.2) is 9.97 Å². The normalized spacial score (nSPS) is 13.1. The van der Waals surface area contributed by atoms with Gasteiger partial charge in [-0.1, -0.05) is 30.7 Å². The molecule has 2 atom stereocenters. The average molecular weight is 614 g/mol. The van der Waals surface area contributed by atoms with Crippen molar-refractivity contribution in [3.63, 3.8) is 0 Å². The maximum atomic E-state index is 13.3. The summed E-state index contributed by atoms with van der Waals surface area (Å²) in [5, 5.41) is 6.57. The first-order valence-corrected chi connectivity index (χ1v) is 14.2. The van der Waals surface area contributed by atoms with Crippen LogP contribution in [0.25, 0.3) is 11.3 Å². The third-order valence-electron chi connectivity index (χ3n) is 6.40. The van der Waals surface area contributed by atoms with Gasteiger partial charge in [0, 0.05) is 23.0 Å². The first-order chi connectivity index (χ1) is 20.1. The molecule has 3 rings (SSSR count). The van der Waals surface area contributed by atoms with Crippen molar-refractivity contribution in [2.45, 2.75) is 71.1 Å². The van der Waals surface area contributed by atoms with Gasteiger partial charge in [0.2, 0.25) is 5.95 Å². The topological polar surface area (TPSA) is 187 Å². The van der Waals surface area contributed by atoms with Crippen molar-refractivity contribution in [1.82, 2.24) is 20.3 Å². The SMILES string of the molecule is CC[C@H](COC(=O)C(C)(C)N)Nc1ncc(C)c(-c2c[nH]c(C(=O)N[C@H](COC(=O)C(C)(C)N)c3cccc(Cl)c3)c2)n1. The smallest absolute Gasteiger partial charge is 0.325 e. The van der Waals surface area contributed by atoms with Gasteiger partial charge in [0.1, 0.15) is 30.0 Å². The molecule has 12 nitrogen and oxygen atoms in total. The van der Waals surface area contributed by atoms with Gasteiger partial charge in [-0.15, -0.1) is 0 Å². The second-order valence-corrected chi connectivity index (χ2v) is 11.9. The van der Waals surface area contributed by atoms with Gasteiger partial charge in [-0.3, -0.25) is 14.4 Å². The lowest BCUT2D eigenvalue weighted by Crippen LogP contribution is -2.44. The van der Waals surface area contributed by atoms with Gasteiger partial charge in [-0.2, -0.15) is 0 Å². The van der Waals surface area contributed by atoms with Crippen molar-refractivity contribution in [1.29, 1.82) is 0 Å². The van der Waals surface area contributed by atoms with Crippen LogP contribution in [0.1, 0.15) is 68.7 Å². The summed E-state index contributed by atoms with van der Waals surface area (Å²) >= 11 is 6.18. The van der Waals surface area contributed by atoms with Crippen molar-refractivity contribution >= 4 is 35.4 Å². The molecule has 0 fully saturated rings. The number of rotatable bonds is 13. The molecular weight excluding hydrogens is 574 g/mol. The van der Waals surface area contributed by atoms with Crippen molar-refractivity contribution in [3.05, 3.63) is 64.6 Å². The molecule has 0 saturated heterocycles. The average Bonchev–Trinajstić information content (AvgIpc) is 3.43. The summed E-state index contributed by atoms with van der Waals surface area (Å²) in [4.78, 5) is 49.7. The number of amides is 1. The molecule has 0 bridgehead atoms. The Morgan fingerprint density at radius 1 is 1.05 bits per heavy atom. The summed E-state index contributed by atoms with van der Waals surface area (Å²) < 4.78 is 10.7. The van der Waals surface area contributed by atoms with Crippen molar-refractivity contribution in [2.75, 3.05) is 18.5 Å². The second-order valence-electron chi connectivity index (χ2n) is 11.5. The molecule has 0 aliphatic carbocycles.